The van der Waals surface area contributed by atoms with Gasteiger partial charge in [-0.3, -0.25) is 0 Å². The Bertz CT molecular complexity index is 572. The first-order chi connectivity index (χ1) is 9.11. The summed E-state index contributed by atoms with van der Waals surface area (Å²) in [5.41, 5.74) is 8.56. The van der Waals surface area contributed by atoms with Crippen LogP contribution in [0.15, 0.2) is 46.9 Å². The van der Waals surface area contributed by atoms with Crippen molar-refractivity contribution in [1.82, 2.24) is 0 Å². The molecule has 2 aromatic rings. The molecule has 0 aliphatic carbocycles. The van der Waals surface area contributed by atoms with Crippen molar-refractivity contribution in [3.05, 3.63) is 58.3 Å². The minimum absolute atomic E-state index is 0.233. The molecule has 0 heterocycles. The largest absolute Gasteiger partial charge is 0.345 e. The molecule has 100 valence electrons. The summed E-state index contributed by atoms with van der Waals surface area (Å²) < 4.78 is 14.3. The molecule has 19 heavy (non-hydrogen) atoms. The van der Waals surface area contributed by atoms with E-state index in [2.05, 4.69) is 15.9 Å². The van der Waals surface area contributed by atoms with E-state index in [1.54, 1.807) is 6.07 Å². The lowest BCUT2D eigenvalue weighted by molar-refractivity contribution is 0.628. The summed E-state index contributed by atoms with van der Waals surface area (Å²) >= 11 is 3.55. The van der Waals surface area contributed by atoms with Gasteiger partial charge in [-0.05, 0) is 48.9 Å². The number of nitrogens with zero attached hydrogens (tertiary/aromatic N) is 1. The summed E-state index contributed by atoms with van der Waals surface area (Å²) in [4.78, 5) is 1.94. The number of benzene rings is 2. The Morgan fingerprint density at radius 1 is 1.16 bits per heavy atom. The summed E-state index contributed by atoms with van der Waals surface area (Å²) in [5, 5.41) is 0. The van der Waals surface area contributed by atoms with E-state index in [0.29, 0.717) is 6.54 Å². The number of rotatable bonds is 4. The van der Waals surface area contributed by atoms with Gasteiger partial charge in [0.15, 0.2) is 0 Å². The molecule has 0 aliphatic rings. The third-order valence-electron chi connectivity index (χ3n) is 3.03. The average Bonchev–Trinajstić information content (AvgIpc) is 2.40. The van der Waals surface area contributed by atoms with Crippen molar-refractivity contribution in [2.24, 2.45) is 5.73 Å². The maximum atomic E-state index is 13.2. The molecule has 4 heteroatoms. The Hall–Kier alpha value is -1.39. The Labute approximate surface area is 121 Å². The highest BCUT2D eigenvalue weighted by Crippen LogP contribution is 2.28. The van der Waals surface area contributed by atoms with Gasteiger partial charge < -0.3 is 10.6 Å². The van der Waals surface area contributed by atoms with Crippen LogP contribution in [0.3, 0.4) is 0 Å². The fraction of sp³-hybridized carbons (Fsp3) is 0.200. The molecule has 0 atom stereocenters. The molecule has 0 bridgehead atoms. The molecule has 0 saturated carbocycles. The monoisotopic (exact) mass is 322 g/mol. The van der Waals surface area contributed by atoms with E-state index in [-0.39, 0.29) is 5.82 Å². The first-order valence-corrected chi connectivity index (χ1v) is 6.89. The van der Waals surface area contributed by atoms with Gasteiger partial charge in [0, 0.05) is 22.9 Å². The lowest BCUT2D eigenvalue weighted by atomic mass is 10.1. The second-order valence-electron chi connectivity index (χ2n) is 4.35. The third kappa shape index (κ3) is 3.33. The van der Waals surface area contributed by atoms with Gasteiger partial charge in [0.1, 0.15) is 5.82 Å². The Balaban J connectivity index is 2.29. The quantitative estimate of drug-likeness (QED) is 0.926. The van der Waals surface area contributed by atoms with Crippen LogP contribution in [0.5, 0.6) is 0 Å². The van der Waals surface area contributed by atoms with Crippen molar-refractivity contribution in [1.29, 1.82) is 0 Å². The number of hydrogen-bond acceptors (Lipinski definition) is 2. The van der Waals surface area contributed by atoms with E-state index in [4.69, 9.17) is 5.73 Å². The van der Waals surface area contributed by atoms with Gasteiger partial charge in [-0.15, -0.1) is 0 Å². The average molecular weight is 323 g/mol. The zero-order valence-corrected chi connectivity index (χ0v) is 12.3. The van der Waals surface area contributed by atoms with Crippen molar-refractivity contribution < 1.29 is 4.39 Å². The highest BCUT2D eigenvalue weighted by molar-refractivity contribution is 9.10. The normalized spacial score (nSPS) is 10.5. The molecule has 0 radical (unpaired) electrons. The molecule has 2 N–H and O–H groups in total. The lowest BCUT2D eigenvalue weighted by Gasteiger charge is -2.20. The van der Waals surface area contributed by atoms with Gasteiger partial charge in [0.25, 0.3) is 0 Å². The maximum Gasteiger partial charge on any atom is 0.125 e. The molecule has 0 saturated heterocycles. The minimum atomic E-state index is -0.233. The van der Waals surface area contributed by atoms with Crippen molar-refractivity contribution in [3.63, 3.8) is 0 Å². The van der Waals surface area contributed by atoms with Crippen LogP contribution in [0.1, 0.15) is 5.56 Å². The molecule has 0 unspecified atom stereocenters. The Kier molecular flexibility index (Phi) is 4.56. The smallest absolute Gasteiger partial charge is 0.125 e. The molecule has 0 aromatic heterocycles. The number of halogens is 2. The predicted octanol–water partition coefficient (Wildman–Crippen LogP) is 3.86. The van der Waals surface area contributed by atoms with Crippen LogP contribution < -0.4 is 10.6 Å². The molecular formula is C15H16BrFN2. The zero-order valence-electron chi connectivity index (χ0n) is 10.7. The Morgan fingerprint density at radius 2 is 1.89 bits per heavy atom. The van der Waals surface area contributed by atoms with Crippen LogP contribution in [0.2, 0.25) is 0 Å². The molecule has 2 aromatic carbocycles. The first kappa shape index (κ1) is 14.0. The summed E-state index contributed by atoms with van der Waals surface area (Å²) in [6, 6.07) is 12.6. The van der Waals surface area contributed by atoms with Gasteiger partial charge in [-0.2, -0.15) is 0 Å². The van der Waals surface area contributed by atoms with E-state index in [1.807, 2.05) is 36.2 Å². The van der Waals surface area contributed by atoms with E-state index in [9.17, 15) is 4.39 Å². The Morgan fingerprint density at radius 3 is 2.53 bits per heavy atom. The molecular weight excluding hydrogens is 307 g/mol. The molecule has 2 nitrogen and oxygen atoms in total. The SMILES string of the molecule is CN(c1cccc(F)c1)c1ccc(CCN)c(Br)c1. The number of hydrogen-bond donors (Lipinski definition) is 1. The summed E-state index contributed by atoms with van der Waals surface area (Å²) in [7, 11) is 1.92. The van der Waals surface area contributed by atoms with Crippen molar-refractivity contribution in [2.75, 3.05) is 18.5 Å². The van der Waals surface area contributed by atoms with Crippen LogP contribution in [0.25, 0.3) is 0 Å². The van der Waals surface area contributed by atoms with Gasteiger partial charge >= 0.3 is 0 Å². The number of nitrogens with two attached hydrogens (primary N) is 1. The van der Waals surface area contributed by atoms with Crippen LogP contribution in [0, 0.1) is 5.82 Å². The van der Waals surface area contributed by atoms with E-state index in [0.717, 1.165) is 22.3 Å². The van der Waals surface area contributed by atoms with Gasteiger partial charge in [0.2, 0.25) is 0 Å². The van der Waals surface area contributed by atoms with Crippen LogP contribution in [0.4, 0.5) is 15.8 Å². The fourth-order valence-corrected chi connectivity index (χ4v) is 2.50. The highest BCUT2D eigenvalue weighted by atomic mass is 79.9. The van der Waals surface area contributed by atoms with Gasteiger partial charge in [0.05, 0.1) is 0 Å². The summed E-state index contributed by atoms with van der Waals surface area (Å²) in [6.07, 6.45) is 0.838. The van der Waals surface area contributed by atoms with Crippen molar-refractivity contribution >= 4 is 27.3 Å². The predicted molar refractivity (Wildman–Crippen MR) is 81.4 cm³/mol. The molecule has 0 spiro atoms. The first-order valence-electron chi connectivity index (χ1n) is 6.09. The second-order valence-corrected chi connectivity index (χ2v) is 5.21. The molecule has 0 aliphatic heterocycles. The maximum absolute atomic E-state index is 13.2. The van der Waals surface area contributed by atoms with E-state index in [1.165, 1.54) is 17.7 Å². The summed E-state index contributed by atoms with van der Waals surface area (Å²) in [5.74, 6) is -0.233. The second kappa shape index (κ2) is 6.17. The zero-order chi connectivity index (χ0) is 13.8. The topological polar surface area (TPSA) is 29.3 Å². The third-order valence-corrected chi connectivity index (χ3v) is 3.77. The highest BCUT2D eigenvalue weighted by Gasteiger charge is 2.07. The van der Waals surface area contributed by atoms with Crippen LogP contribution in [-0.2, 0) is 6.42 Å². The lowest BCUT2D eigenvalue weighted by Crippen LogP contribution is -2.10. The van der Waals surface area contributed by atoms with Crippen molar-refractivity contribution in [2.45, 2.75) is 6.42 Å². The standard InChI is InChI=1S/C15H16BrFN2/c1-19(13-4-2-3-12(17)9-13)14-6-5-11(7-8-18)15(16)10-14/h2-6,9-10H,7-8,18H2,1H3. The molecule has 0 amide bonds. The number of anilines is 2. The van der Waals surface area contributed by atoms with Crippen LogP contribution in [-0.4, -0.2) is 13.6 Å². The molecule has 0 fully saturated rings. The van der Waals surface area contributed by atoms with Crippen molar-refractivity contribution in [3.8, 4) is 0 Å². The van der Waals surface area contributed by atoms with E-state index < -0.39 is 0 Å². The summed E-state index contributed by atoms with van der Waals surface area (Å²) in [6.45, 7) is 0.623. The minimum Gasteiger partial charge on any atom is -0.345 e. The van der Waals surface area contributed by atoms with Crippen LogP contribution >= 0.6 is 15.9 Å². The molecule has 2 rings (SSSR count). The fourth-order valence-electron chi connectivity index (χ4n) is 1.94. The van der Waals surface area contributed by atoms with Gasteiger partial charge in [-0.25, -0.2) is 4.39 Å². The van der Waals surface area contributed by atoms with Gasteiger partial charge in [-0.1, -0.05) is 28.1 Å². The van der Waals surface area contributed by atoms with E-state index >= 15 is 0 Å².